The van der Waals surface area contributed by atoms with Crippen LogP contribution in [0.5, 0.6) is 0 Å². The molecular formula is C24H27NO4S2. The molecule has 7 heteroatoms. The zero-order valence-corrected chi connectivity index (χ0v) is 19.8. The Morgan fingerprint density at radius 2 is 1.74 bits per heavy atom. The number of hydrogen-bond acceptors (Lipinski definition) is 5. The predicted octanol–water partition coefficient (Wildman–Crippen LogP) is 4.70. The van der Waals surface area contributed by atoms with Crippen LogP contribution >= 0.6 is 11.8 Å². The summed E-state index contributed by atoms with van der Waals surface area (Å²) >= 11 is 1.54. The van der Waals surface area contributed by atoms with E-state index in [0.717, 1.165) is 16.7 Å². The summed E-state index contributed by atoms with van der Waals surface area (Å²) in [5, 5.41) is 1.94. The summed E-state index contributed by atoms with van der Waals surface area (Å²) in [5.41, 5.74) is 0.860. The molecule has 4 rings (SSSR count). The summed E-state index contributed by atoms with van der Waals surface area (Å²) in [7, 11) is -3.83. The van der Waals surface area contributed by atoms with Gasteiger partial charge >= 0.3 is 5.97 Å². The molecular weight excluding hydrogens is 430 g/mol. The molecule has 0 amide bonds. The number of carbonyl (C=O) groups excluding carboxylic acids is 1. The Morgan fingerprint density at radius 1 is 1.10 bits per heavy atom. The molecule has 0 spiro atoms. The smallest absolute Gasteiger partial charge is 0.319 e. The molecule has 2 atom stereocenters. The maximum Gasteiger partial charge on any atom is 0.319 e. The van der Waals surface area contributed by atoms with Crippen LogP contribution < -0.4 is 0 Å². The van der Waals surface area contributed by atoms with Gasteiger partial charge in [-0.25, -0.2) is 8.42 Å². The molecule has 5 nitrogen and oxygen atoms in total. The second kappa shape index (κ2) is 7.80. The second-order valence-corrected chi connectivity index (χ2v) is 11.9. The monoisotopic (exact) mass is 457 g/mol. The summed E-state index contributed by atoms with van der Waals surface area (Å²) in [4.78, 5) is 13.8. The number of nitrogens with zero attached hydrogens (tertiary/aromatic N) is 1. The number of aryl methyl sites for hydroxylation is 1. The number of carbonyl (C=O) groups is 1. The van der Waals surface area contributed by atoms with Crippen LogP contribution in [0, 0.1) is 12.3 Å². The highest BCUT2D eigenvalue weighted by Gasteiger charge is 2.62. The number of fused-ring (bicyclic) bond motifs is 1. The van der Waals surface area contributed by atoms with E-state index in [1.54, 1.807) is 36.0 Å². The van der Waals surface area contributed by atoms with Crippen molar-refractivity contribution in [1.82, 2.24) is 4.31 Å². The van der Waals surface area contributed by atoms with E-state index < -0.39 is 27.1 Å². The molecule has 1 saturated heterocycles. The zero-order chi connectivity index (χ0) is 22.4. The molecule has 2 aromatic rings. The third kappa shape index (κ3) is 3.83. The summed E-state index contributed by atoms with van der Waals surface area (Å²) in [6.07, 6.45) is 0. The fourth-order valence-corrected chi connectivity index (χ4v) is 7.17. The quantitative estimate of drug-likeness (QED) is 0.623. The molecule has 2 heterocycles. The maximum absolute atomic E-state index is 13.8. The van der Waals surface area contributed by atoms with E-state index in [1.165, 1.54) is 4.31 Å². The number of sulfonamides is 1. The first kappa shape index (κ1) is 22.1. The van der Waals surface area contributed by atoms with Gasteiger partial charge < -0.3 is 4.74 Å². The van der Waals surface area contributed by atoms with E-state index in [-0.39, 0.29) is 17.4 Å². The summed E-state index contributed by atoms with van der Waals surface area (Å²) < 4.78 is 34.8. The van der Waals surface area contributed by atoms with Gasteiger partial charge in [0, 0.05) is 12.3 Å². The largest absolute Gasteiger partial charge is 0.459 e. The summed E-state index contributed by atoms with van der Waals surface area (Å²) in [6, 6.07) is 15.6. The highest BCUT2D eigenvalue weighted by molar-refractivity contribution is 8.02. The highest BCUT2D eigenvalue weighted by atomic mass is 32.2. The van der Waals surface area contributed by atoms with Crippen molar-refractivity contribution < 1.29 is 17.9 Å². The minimum atomic E-state index is -3.83. The Balaban J connectivity index is 1.87. The molecule has 0 bridgehead atoms. The molecule has 0 radical (unpaired) electrons. The minimum Gasteiger partial charge on any atom is -0.459 e. The number of benzene rings is 2. The topological polar surface area (TPSA) is 63.7 Å². The molecule has 0 aromatic heterocycles. The first-order valence-corrected chi connectivity index (χ1v) is 12.7. The van der Waals surface area contributed by atoms with Gasteiger partial charge in [0.25, 0.3) is 0 Å². The van der Waals surface area contributed by atoms with E-state index in [1.807, 2.05) is 63.4 Å². The molecule has 164 valence electrons. The molecule has 2 aliphatic heterocycles. The molecule has 0 aliphatic carbocycles. The Hall–Kier alpha value is -2.09. The van der Waals surface area contributed by atoms with Gasteiger partial charge in [0.2, 0.25) is 10.0 Å². The van der Waals surface area contributed by atoms with Gasteiger partial charge in [0.1, 0.15) is 11.0 Å². The van der Waals surface area contributed by atoms with Gasteiger partial charge in [-0.1, -0.05) is 48.0 Å². The lowest BCUT2D eigenvalue weighted by molar-refractivity contribution is -0.165. The van der Waals surface area contributed by atoms with Crippen LogP contribution in [0.1, 0.15) is 37.9 Å². The number of hydrogen-bond donors (Lipinski definition) is 0. The van der Waals surface area contributed by atoms with E-state index >= 15 is 0 Å². The normalized spacial score (nSPS) is 24.0. The average Bonchev–Trinajstić information content (AvgIpc) is 3.25. The Kier molecular flexibility index (Phi) is 5.56. The maximum atomic E-state index is 13.8. The van der Waals surface area contributed by atoms with Crippen molar-refractivity contribution in [2.45, 2.75) is 44.2 Å². The van der Waals surface area contributed by atoms with Crippen LogP contribution in [-0.2, 0) is 19.6 Å². The lowest BCUT2D eigenvalue weighted by atomic mass is 9.76. The van der Waals surface area contributed by atoms with Crippen molar-refractivity contribution in [2.24, 2.45) is 5.41 Å². The van der Waals surface area contributed by atoms with E-state index in [9.17, 15) is 13.2 Å². The third-order valence-electron chi connectivity index (χ3n) is 5.70. The lowest BCUT2D eigenvalue weighted by Crippen LogP contribution is -2.44. The first-order valence-electron chi connectivity index (χ1n) is 10.2. The SMILES string of the molecule is Cc1ccc(S(=O)(=O)N2CC3=CSC[C@@]3(C(=O)OC(C)(C)C)[C@@H]2c2ccccc2)cc1. The van der Waals surface area contributed by atoms with Gasteiger partial charge in [-0.05, 0) is 56.4 Å². The van der Waals surface area contributed by atoms with Gasteiger partial charge in [0.15, 0.2) is 0 Å². The molecule has 2 aromatic carbocycles. The predicted molar refractivity (Wildman–Crippen MR) is 123 cm³/mol. The zero-order valence-electron chi connectivity index (χ0n) is 18.2. The summed E-state index contributed by atoms with van der Waals surface area (Å²) in [5.74, 6) is 0.0863. The van der Waals surface area contributed by atoms with Gasteiger partial charge in [-0.15, -0.1) is 11.8 Å². The highest BCUT2D eigenvalue weighted by Crippen LogP contribution is 2.58. The van der Waals surface area contributed by atoms with Gasteiger partial charge in [-0.2, -0.15) is 4.31 Å². The van der Waals surface area contributed by atoms with Crippen LogP contribution in [0.3, 0.4) is 0 Å². The van der Waals surface area contributed by atoms with E-state index in [4.69, 9.17) is 4.74 Å². The molecule has 1 fully saturated rings. The average molecular weight is 458 g/mol. The molecule has 31 heavy (non-hydrogen) atoms. The van der Waals surface area contributed by atoms with Gasteiger partial charge in [-0.3, -0.25) is 4.79 Å². The van der Waals surface area contributed by atoms with Crippen molar-refractivity contribution in [3.63, 3.8) is 0 Å². The van der Waals surface area contributed by atoms with Crippen molar-refractivity contribution in [1.29, 1.82) is 0 Å². The fraction of sp³-hybridized carbons (Fsp3) is 0.375. The van der Waals surface area contributed by atoms with Crippen molar-refractivity contribution >= 4 is 27.8 Å². The number of rotatable bonds is 4. The molecule has 0 saturated carbocycles. The number of thioether (sulfide) groups is 1. The Morgan fingerprint density at radius 3 is 2.35 bits per heavy atom. The third-order valence-corrected chi connectivity index (χ3v) is 8.60. The van der Waals surface area contributed by atoms with Crippen molar-refractivity contribution in [3.05, 3.63) is 76.7 Å². The van der Waals surface area contributed by atoms with Crippen LogP contribution in [0.4, 0.5) is 0 Å². The molecule has 2 aliphatic rings. The van der Waals surface area contributed by atoms with Crippen molar-refractivity contribution in [3.8, 4) is 0 Å². The Bertz CT molecular complexity index is 1120. The second-order valence-electron chi connectivity index (χ2n) is 9.10. The van der Waals surface area contributed by atoms with Crippen LogP contribution in [-0.4, -0.2) is 36.6 Å². The minimum absolute atomic E-state index is 0.169. The fourth-order valence-electron chi connectivity index (χ4n) is 4.24. The number of ether oxygens (including phenoxy) is 1. The Labute approximate surface area is 188 Å². The summed E-state index contributed by atoms with van der Waals surface area (Å²) in [6.45, 7) is 7.59. The van der Waals surface area contributed by atoms with Crippen LogP contribution in [0.15, 0.2) is 70.5 Å². The van der Waals surface area contributed by atoms with E-state index in [0.29, 0.717) is 5.75 Å². The lowest BCUT2D eigenvalue weighted by Gasteiger charge is -2.36. The van der Waals surface area contributed by atoms with Crippen LogP contribution in [0.2, 0.25) is 0 Å². The molecule has 0 unspecified atom stereocenters. The first-order chi connectivity index (χ1) is 14.6. The molecule has 0 N–H and O–H groups in total. The van der Waals surface area contributed by atoms with Gasteiger partial charge in [0.05, 0.1) is 10.9 Å². The van der Waals surface area contributed by atoms with Crippen LogP contribution in [0.25, 0.3) is 0 Å². The standard InChI is InChI=1S/C24H27NO4S2/c1-17-10-12-20(13-11-17)31(27,28)25-14-19-15-30-16-24(19,22(26)29-23(2,3)4)21(25)18-8-6-5-7-9-18/h5-13,15,21H,14,16H2,1-4H3/t21-,24-/m0/s1. The van der Waals surface area contributed by atoms with Crippen molar-refractivity contribution in [2.75, 3.05) is 12.3 Å². The number of esters is 1. The van der Waals surface area contributed by atoms with E-state index in [2.05, 4.69) is 0 Å².